The van der Waals surface area contributed by atoms with E-state index in [1.807, 2.05) is 26.0 Å². The fraction of sp³-hybridized carbons (Fsp3) is 0.231. The molecule has 1 aromatic heterocycles. The zero-order valence-corrected chi connectivity index (χ0v) is 9.81. The van der Waals surface area contributed by atoms with Crippen molar-refractivity contribution in [1.29, 1.82) is 0 Å². The molecule has 2 aromatic rings. The van der Waals surface area contributed by atoms with Crippen LogP contribution >= 0.6 is 0 Å². The molecule has 0 saturated carbocycles. The van der Waals surface area contributed by atoms with Crippen molar-refractivity contribution in [3.8, 4) is 0 Å². The Kier molecular flexibility index (Phi) is 3.32. The number of rotatable bonds is 3. The molecule has 0 aliphatic heterocycles. The highest BCUT2D eigenvalue weighted by Gasteiger charge is 2.10. The van der Waals surface area contributed by atoms with Gasteiger partial charge >= 0.3 is 0 Å². The standard InChI is InChI=1S/C13H14FN3/c1-9-7-8-15-13(16-9)17-10(2)11-5-3-4-6-12(11)14/h3-8,10H,1-2H3,(H,15,16,17). The van der Waals surface area contributed by atoms with Crippen LogP contribution < -0.4 is 5.32 Å². The quantitative estimate of drug-likeness (QED) is 0.882. The summed E-state index contributed by atoms with van der Waals surface area (Å²) in [4.78, 5) is 8.31. The second-order valence-corrected chi connectivity index (χ2v) is 3.91. The summed E-state index contributed by atoms with van der Waals surface area (Å²) >= 11 is 0. The summed E-state index contributed by atoms with van der Waals surface area (Å²) in [6, 6.07) is 8.34. The Morgan fingerprint density at radius 1 is 1.24 bits per heavy atom. The molecule has 0 saturated heterocycles. The third-order valence-corrected chi connectivity index (χ3v) is 2.51. The lowest BCUT2D eigenvalue weighted by Crippen LogP contribution is -2.11. The second-order valence-electron chi connectivity index (χ2n) is 3.91. The summed E-state index contributed by atoms with van der Waals surface area (Å²) in [5, 5.41) is 3.08. The van der Waals surface area contributed by atoms with Gasteiger partial charge in [-0.15, -0.1) is 0 Å². The van der Waals surface area contributed by atoms with Crippen molar-refractivity contribution in [1.82, 2.24) is 9.97 Å². The summed E-state index contributed by atoms with van der Waals surface area (Å²) in [6.45, 7) is 3.77. The number of hydrogen-bond donors (Lipinski definition) is 1. The average Bonchev–Trinajstić information content (AvgIpc) is 2.29. The Morgan fingerprint density at radius 3 is 2.71 bits per heavy atom. The number of hydrogen-bond acceptors (Lipinski definition) is 3. The molecular weight excluding hydrogens is 217 g/mol. The van der Waals surface area contributed by atoms with Crippen LogP contribution in [0.25, 0.3) is 0 Å². The van der Waals surface area contributed by atoms with Crippen LogP contribution in [-0.4, -0.2) is 9.97 Å². The molecular formula is C13H14FN3. The van der Waals surface area contributed by atoms with Crippen molar-refractivity contribution in [2.45, 2.75) is 19.9 Å². The smallest absolute Gasteiger partial charge is 0.223 e. The highest BCUT2D eigenvalue weighted by Crippen LogP contribution is 2.19. The average molecular weight is 231 g/mol. The molecule has 0 bridgehead atoms. The SMILES string of the molecule is Cc1ccnc(NC(C)c2ccccc2F)n1. The van der Waals surface area contributed by atoms with Crippen LogP contribution in [0.4, 0.5) is 10.3 Å². The molecule has 1 atom stereocenters. The first-order valence-electron chi connectivity index (χ1n) is 5.47. The molecule has 0 aliphatic rings. The second kappa shape index (κ2) is 4.91. The van der Waals surface area contributed by atoms with Gasteiger partial charge in [0.15, 0.2) is 0 Å². The maximum atomic E-state index is 13.5. The third kappa shape index (κ3) is 2.78. The van der Waals surface area contributed by atoms with Gasteiger partial charge in [0.2, 0.25) is 5.95 Å². The van der Waals surface area contributed by atoms with Crippen molar-refractivity contribution in [2.75, 3.05) is 5.32 Å². The zero-order valence-electron chi connectivity index (χ0n) is 9.81. The van der Waals surface area contributed by atoms with Crippen molar-refractivity contribution >= 4 is 5.95 Å². The monoisotopic (exact) mass is 231 g/mol. The van der Waals surface area contributed by atoms with Crippen LogP contribution in [0.2, 0.25) is 0 Å². The number of aromatic nitrogens is 2. The van der Waals surface area contributed by atoms with E-state index < -0.39 is 0 Å². The Morgan fingerprint density at radius 2 is 2.00 bits per heavy atom. The van der Waals surface area contributed by atoms with Gasteiger partial charge in [-0.1, -0.05) is 18.2 Å². The van der Waals surface area contributed by atoms with E-state index in [4.69, 9.17) is 0 Å². The maximum absolute atomic E-state index is 13.5. The predicted octanol–water partition coefficient (Wildman–Crippen LogP) is 3.10. The molecule has 0 radical (unpaired) electrons. The first kappa shape index (κ1) is 11.5. The molecule has 1 unspecified atom stereocenters. The minimum Gasteiger partial charge on any atom is -0.348 e. The molecule has 4 heteroatoms. The van der Waals surface area contributed by atoms with Crippen LogP contribution in [-0.2, 0) is 0 Å². The van der Waals surface area contributed by atoms with Gasteiger partial charge in [0, 0.05) is 17.5 Å². The van der Waals surface area contributed by atoms with Crippen LogP contribution in [0.5, 0.6) is 0 Å². The lowest BCUT2D eigenvalue weighted by atomic mass is 10.1. The molecule has 1 heterocycles. The number of anilines is 1. The van der Waals surface area contributed by atoms with Gasteiger partial charge in [0.05, 0.1) is 6.04 Å². The van der Waals surface area contributed by atoms with Gasteiger partial charge in [0.25, 0.3) is 0 Å². The third-order valence-electron chi connectivity index (χ3n) is 2.51. The fourth-order valence-corrected chi connectivity index (χ4v) is 1.62. The first-order chi connectivity index (χ1) is 8.16. The number of nitrogens with one attached hydrogen (secondary N) is 1. The van der Waals surface area contributed by atoms with Gasteiger partial charge in [-0.3, -0.25) is 0 Å². The largest absolute Gasteiger partial charge is 0.348 e. The van der Waals surface area contributed by atoms with E-state index in [9.17, 15) is 4.39 Å². The first-order valence-corrected chi connectivity index (χ1v) is 5.47. The molecule has 2 rings (SSSR count). The molecule has 1 N–H and O–H groups in total. The number of halogens is 1. The van der Waals surface area contributed by atoms with E-state index >= 15 is 0 Å². The topological polar surface area (TPSA) is 37.8 Å². The predicted molar refractivity (Wildman–Crippen MR) is 65.2 cm³/mol. The van der Waals surface area contributed by atoms with E-state index in [1.165, 1.54) is 6.07 Å². The molecule has 17 heavy (non-hydrogen) atoms. The summed E-state index contributed by atoms with van der Waals surface area (Å²) in [7, 11) is 0. The highest BCUT2D eigenvalue weighted by atomic mass is 19.1. The van der Waals surface area contributed by atoms with Crippen LogP contribution in [0, 0.1) is 12.7 Å². The zero-order chi connectivity index (χ0) is 12.3. The van der Waals surface area contributed by atoms with Gasteiger partial charge in [-0.2, -0.15) is 0 Å². The molecule has 0 amide bonds. The summed E-state index contributed by atoms with van der Waals surface area (Å²) in [5.74, 6) is 0.293. The molecule has 1 aromatic carbocycles. The van der Waals surface area contributed by atoms with Gasteiger partial charge < -0.3 is 5.32 Å². The minimum atomic E-state index is -0.222. The number of nitrogens with zero attached hydrogens (tertiary/aromatic N) is 2. The van der Waals surface area contributed by atoms with Crippen LogP contribution in [0.3, 0.4) is 0 Å². The van der Waals surface area contributed by atoms with Crippen molar-refractivity contribution in [3.05, 3.63) is 53.6 Å². The number of benzene rings is 1. The van der Waals surface area contributed by atoms with Crippen molar-refractivity contribution < 1.29 is 4.39 Å². The summed E-state index contributed by atoms with van der Waals surface area (Å²) in [5.41, 5.74) is 1.49. The molecule has 0 fully saturated rings. The molecule has 0 spiro atoms. The van der Waals surface area contributed by atoms with E-state index in [0.29, 0.717) is 11.5 Å². The molecule has 88 valence electrons. The highest BCUT2D eigenvalue weighted by molar-refractivity contribution is 5.32. The minimum absolute atomic E-state index is 0.169. The number of aryl methyl sites for hydroxylation is 1. The van der Waals surface area contributed by atoms with E-state index in [2.05, 4.69) is 15.3 Å². The Labute approximate surface area is 99.7 Å². The Hall–Kier alpha value is -1.97. The van der Waals surface area contributed by atoms with Gasteiger partial charge in [0.1, 0.15) is 5.82 Å². The van der Waals surface area contributed by atoms with Crippen molar-refractivity contribution in [2.24, 2.45) is 0 Å². The fourth-order valence-electron chi connectivity index (χ4n) is 1.62. The van der Waals surface area contributed by atoms with E-state index in [0.717, 1.165) is 5.69 Å². The lowest BCUT2D eigenvalue weighted by molar-refractivity contribution is 0.599. The Balaban J connectivity index is 2.17. The normalized spacial score (nSPS) is 12.2. The lowest BCUT2D eigenvalue weighted by Gasteiger charge is -2.14. The Bertz CT molecular complexity index is 514. The van der Waals surface area contributed by atoms with E-state index in [-0.39, 0.29) is 11.9 Å². The summed E-state index contributed by atoms with van der Waals surface area (Å²) < 4.78 is 13.5. The van der Waals surface area contributed by atoms with Crippen LogP contribution in [0.15, 0.2) is 36.5 Å². The molecule has 0 aliphatic carbocycles. The van der Waals surface area contributed by atoms with Gasteiger partial charge in [-0.25, -0.2) is 14.4 Å². The van der Waals surface area contributed by atoms with Crippen LogP contribution in [0.1, 0.15) is 24.2 Å². The maximum Gasteiger partial charge on any atom is 0.223 e. The van der Waals surface area contributed by atoms with E-state index in [1.54, 1.807) is 18.3 Å². The van der Waals surface area contributed by atoms with Crippen molar-refractivity contribution in [3.63, 3.8) is 0 Å². The molecule has 3 nitrogen and oxygen atoms in total. The van der Waals surface area contributed by atoms with Gasteiger partial charge in [-0.05, 0) is 26.0 Å². The summed E-state index contributed by atoms with van der Waals surface area (Å²) in [6.07, 6.45) is 1.68.